The molecule has 0 saturated carbocycles. The number of carbonyl (C=O) groups excluding carboxylic acids is 2. The Hall–Kier alpha value is -1.10. The van der Waals surface area contributed by atoms with Gasteiger partial charge in [-0.1, -0.05) is 27.7 Å². The molecule has 0 rings (SSSR count). The second-order valence-corrected chi connectivity index (χ2v) is 5.07. The van der Waals surface area contributed by atoms with Crippen LogP contribution in [0.15, 0.2) is 0 Å². The first-order valence-corrected chi connectivity index (χ1v) is 6.07. The Morgan fingerprint density at radius 2 is 1.65 bits per heavy atom. The number of hydrogen-bond donors (Lipinski definition) is 3. The lowest BCUT2D eigenvalue weighted by Gasteiger charge is -2.22. The normalized spacial score (nSPS) is 14.6. The van der Waals surface area contributed by atoms with Gasteiger partial charge in [-0.25, -0.2) is 0 Å². The number of carbonyl (C=O) groups is 2. The van der Waals surface area contributed by atoms with Crippen molar-refractivity contribution in [3.05, 3.63) is 0 Å². The van der Waals surface area contributed by atoms with Crippen LogP contribution in [0.5, 0.6) is 0 Å². The summed E-state index contributed by atoms with van der Waals surface area (Å²) in [4.78, 5) is 23.4. The van der Waals surface area contributed by atoms with Crippen molar-refractivity contribution in [1.29, 1.82) is 0 Å². The van der Waals surface area contributed by atoms with Gasteiger partial charge in [0.2, 0.25) is 11.8 Å². The average Bonchev–Trinajstić information content (AvgIpc) is 2.24. The molecule has 0 heterocycles. The predicted octanol–water partition coefficient (Wildman–Crippen LogP) is 0.247. The lowest BCUT2D eigenvalue weighted by atomic mass is 10.0. The number of rotatable bonds is 6. The fraction of sp³-hybridized carbons (Fsp3) is 0.833. The molecule has 17 heavy (non-hydrogen) atoms. The Labute approximate surface area is 104 Å². The van der Waals surface area contributed by atoms with Crippen molar-refractivity contribution in [3.63, 3.8) is 0 Å². The first kappa shape index (κ1) is 15.9. The van der Waals surface area contributed by atoms with Crippen LogP contribution >= 0.6 is 0 Å². The Morgan fingerprint density at radius 3 is 2.00 bits per heavy atom. The molecule has 0 aromatic heterocycles. The topological polar surface area (TPSA) is 84.2 Å². The van der Waals surface area contributed by atoms with Gasteiger partial charge in [0.1, 0.15) is 6.04 Å². The van der Waals surface area contributed by atoms with Gasteiger partial charge in [0.15, 0.2) is 0 Å². The highest BCUT2D eigenvalue weighted by atomic mass is 16.2. The first-order valence-electron chi connectivity index (χ1n) is 6.07. The molecule has 0 radical (unpaired) electrons. The van der Waals surface area contributed by atoms with Crippen LogP contribution in [0.25, 0.3) is 0 Å². The van der Waals surface area contributed by atoms with E-state index < -0.39 is 12.1 Å². The summed E-state index contributed by atoms with van der Waals surface area (Å²) in [7, 11) is 1.56. The summed E-state index contributed by atoms with van der Waals surface area (Å²) < 4.78 is 0. The molecule has 0 saturated heterocycles. The zero-order valence-corrected chi connectivity index (χ0v) is 11.4. The van der Waals surface area contributed by atoms with Gasteiger partial charge >= 0.3 is 0 Å². The van der Waals surface area contributed by atoms with E-state index in [1.807, 2.05) is 27.7 Å². The van der Waals surface area contributed by atoms with Crippen LogP contribution < -0.4 is 16.4 Å². The smallest absolute Gasteiger partial charge is 0.242 e. The zero-order valence-electron chi connectivity index (χ0n) is 11.4. The molecular weight excluding hydrogens is 218 g/mol. The fourth-order valence-electron chi connectivity index (χ4n) is 1.45. The second-order valence-electron chi connectivity index (χ2n) is 5.07. The molecule has 0 aliphatic heterocycles. The van der Waals surface area contributed by atoms with Crippen molar-refractivity contribution in [1.82, 2.24) is 10.6 Å². The van der Waals surface area contributed by atoms with E-state index in [0.29, 0.717) is 12.3 Å². The lowest BCUT2D eigenvalue weighted by molar-refractivity contribution is -0.130. The van der Waals surface area contributed by atoms with E-state index in [1.165, 1.54) is 0 Å². The van der Waals surface area contributed by atoms with Crippen molar-refractivity contribution in [2.24, 2.45) is 17.6 Å². The second kappa shape index (κ2) is 7.27. The summed E-state index contributed by atoms with van der Waals surface area (Å²) in [6.07, 6.45) is 0.607. The quantitative estimate of drug-likeness (QED) is 0.625. The van der Waals surface area contributed by atoms with Crippen molar-refractivity contribution in [3.8, 4) is 0 Å². The lowest BCUT2D eigenvalue weighted by Crippen LogP contribution is -2.52. The number of likely N-dealkylation sites (N-methyl/N-ethyl adjacent to an activating group) is 1. The highest BCUT2D eigenvalue weighted by Crippen LogP contribution is 2.06. The predicted molar refractivity (Wildman–Crippen MR) is 68.3 cm³/mol. The summed E-state index contributed by atoms with van der Waals surface area (Å²) >= 11 is 0. The first-order chi connectivity index (χ1) is 7.79. The van der Waals surface area contributed by atoms with E-state index in [2.05, 4.69) is 10.6 Å². The van der Waals surface area contributed by atoms with Crippen LogP contribution in [0.4, 0.5) is 0 Å². The van der Waals surface area contributed by atoms with Crippen LogP contribution in [0.2, 0.25) is 0 Å². The monoisotopic (exact) mass is 243 g/mol. The molecule has 2 atom stereocenters. The molecule has 5 heteroatoms. The largest absolute Gasteiger partial charge is 0.357 e. The minimum absolute atomic E-state index is 0.0550. The highest BCUT2D eigenvalue weighted by molar-refractivity contribution is 5.89. The molecule has 0 fully saturated rings. The van der Waals surface area contributed by atoms with E-state index in [4.69, 9.17) is 5.73 Å². The molecule has 0 bridgehead atoms. The van der Waals surface area contributed by atoms with Crippen LogP contribution in [0.3, 0.4) is 0 Å². The molecular formula is C12H25N3O2. The Balaban J connectivity index is 4.53. The number of amides is 2. The van der Waals surface area contributed by atoms with Gasteiger partial charge < -0.3 is 16.4 Å². The third kappa shape index (κ3) is 5.68. The molecule has 0 aliphatic carbocycles. The molecule has 4 N–H and O–H groups in total. The molecule has 1 unspecified atom stereocenters. The third-order valence-corrected chi connectivity index (χ3v) is 2.61. The Bertz CT molecular complexity index is 264. The maximum atomic E-state index is 11.8. The van der Waals surface area contributed by atoms with Crippen molar-refractivity contribution >= 4 is 11.8 Å². The van der Waals surface area contributed by atoms with Gasteiger partial charge in [-0.15, -0.1) is 0 Å². The van der Waals surface area contributed by atoms with E-state index in [0.717, 1.165) is 0 Å². The van der Waals surface area contributed by atoms with E-state index in [1.54, 1.807) is 7.05 Å². The van der Waals surface area contributed by atoms with Crippen LogP contribution in [0, 0.1) is 11.8 Å². The molecule has 2 amide bonds. The van der Waals surface area contributed by atoms with Gasteiger partial charge in [0, 0.05) is 7.05 Å². The molecule has 5 nitrogen and oxygen atoms in total. The minimum Gasteiger partial charge on any atom is -0.357 e. The van der Waals surface area contributed by atoms with Crippen molar-refractivity contribution in [2.75, 3.05) is 7.05 Å². The van der Waals surface area contributed by atoms with Gasteiger partial charge in [0.05, 0.1) is 6.04 Å². The summed E-state index contributed by atoms with van der Waals surface area (Å²) in [5, 5.41) is 5.25. The summed E-state index contributed by atoms with van der Waals surface area (Å²) in [5.41, 5.74) is 5.74. The highest BCUT2D eigenvalue weighted by Gasteiger charge is 2.24. The van der Waals surface area contributed by atoms with Gasteiger partial charge in [-0.3, -0.25) is 9.59 Å². The number of nitrogens with one attached hydrogen (secondary N) is 2. The molecule has 0 aromatic rings. The van der Waals surface area contributed by atoms with Crippen LogP contribution in [-0.2, 0) is 9.59 Å². The van der Waals surface area contributed by atoms with E-state index in [-0.39, 0.29) is 17.7 Å². The minimum atomic E-state index is -0.575. The van der Waals surface area contributed by atoms with Crippen molar-refractivity contribution in [2.45, 2.75) is 46.2 Å². The van der Waals surface area contributed by atoms with Crippen LogP contribution in [-0.4, -0.2) is 30.9 Å². The Kier molecular flexibility index (Phi) is 6.80. The van der Waals surface area contributed by atoms with Gasteiger partial charge in [-0.05, 0) is 18.3 Å². The van der Waals surface area contributed by atoms with Crippen LogP contribution in [0.1, 0.15) is 34.1 Å². The van der Waals surface area contributed by atoms with E-state index in [9.17, 15) is 9.59 Å². The van der Waals surface area contributed by atoms with Crippen molar-refractivity contribution < 1.29 is 9.59 Å². The zero-order chi connectivity index (χ0) is 13.6. The number of hydrogen-bond acceptors (Lipinski definition) is 3. The molecule has 0 spiro atoms. The summed E-state index contributed by atoms with van der Waals surface area (Å²) in [6, 6.07) is -1.08. The third-order valence-electron chi connectivity index (χ3n) is 2.61. The van der Waals surface area contributed by atoms with Gasteiger partial charge in [-0.2, -0.15) is 0 Å². The van der Waals surface area contributed by atoms with E-state index >= 15 is 0 Å². The molecule has 0 aromatic carbocycles. The average molecular weight is 243 g/mol. The maximum Gasteiger partial charge on any atom is 0.242 e. The maximum absolute atomic E-state index is 11.8. The fourth-order valence-corrected chi connectivity index (χ4v) is 1.45. The Morgan fingerprint density at radius 1 is 1.12 bits per heavy atom. The number of nitrogens with two attached hydrogens (primary N) is 1. The SMILES string of the molecule is CNC(=O)C(CC(C)C)NC(=O)[C@H](N)C(C)C. The standard InChI is InChI=1S/C12H25N3O2/c1-7(2)6-9(11(16)14-5)15-12(17)10(13)8(3)4/h7-10H,6,13H2,1-5H3,(H,14,16)(H,15,17)/t9?,10-/m1/s1. The molecule has 100 valence electrons. The molecule has 0 aliphatic rings. The summed E-state index contributed by atoms with van der Waals surface area (Å²) in [6.45, 7) is 7.76. The van der Waals surface area contributed by atoms with Gasteiger partial charge in [0.25, 0.3) is 0 Å². The summed E-state index contributed by atoms with van der Waals surface area (Å²) in [5.74, 6) is -0.0653.